The van der Waals surface area contributed by atoms with E-state index in [1.165, 1.54) is 0 Å². The Kier molecular flexibility index (Phi) is 4.85. The molecule has 0 saturated heterocycles. The van der Waals surface area contributed by atoms with Gasteiger partial charge in [-0.3, -0.25) is 19.4 Å². The molecular formula is C14H19N5OS. The molecule has 1 unspecified atom stereocenters. The predicted octanol–water partition coefficient (Wildman–Crippen LogP) is 2.34. The first-order valence-corrected chi connectivity index (χ1v) is 7.26. The number of nitrogens with zero attached hydrogens (tertiary/aromatic N) is 3. The minimum atomic E-state index is -0.440. The van der Waals surface area contributed by atoms with Crippen LogP contribution in [-0.2, 0) is 4.79 Å². The van der Waals surface area contributed by atoms with Gasteiger partial charge in [-0.15, -0.1) is 0 Å². The number of pyridine rings is 1. The van der Waals surface area contributed by atoms with E-state index in [1.54, 1.807) is 23.9 Å². The standard InChI is InChI=1S/C14H19N5OS/c1-9(2)7-16-13(20)10(3)19-12(17-18-14(19)21)11-5-4-6-15-8-11/h4-6,8-10H,7H2,1-3H3,(H,16,20)(H,18,21). The van der Waals surface area contributed by atoms with E-state index in [9.17, 15) is 4.79 Å². The molecule has 0 aliphatic heterocycles. The van der Waals surface area contributed by atoms with Crippen molar-refractivity contribution >= 4 is 18.1 Å². The SMILES string of the molecule is CC(C)CNC(=O)C(C)n1c(-c2cccnc2)n[nH]c1=S. The third-order valence-corrected chi connectivity index (χ3v) is 3.36. The van der Waals surface area contributed by atoms with Crippen molar-refractivity contribution in [2.75, 3.05) is 6.54 Å². The normalized spacial score (nSPS) is 12.4. The van der Waals surface area contributed by atoms with Crippen LogP contribution in [0.25, 0.3) is 11.4 Å². The second-order valence-electron chi connectivity index (χ2n) is 5.28. The molecule has 0 aliphatic rings. The monoisotopic (exact) mass is 305 g/mol. The van der Waals surface area contributed by atoms with Crippen LogP contribution in [0.3, 0.4) is 0 Å². The highest BCUT2D eigenvalue weighted by Crippen LogP contribution is 2.20. The van der Waals surface area contributed by atoms with Gasteiger partial charge in [0.05, 0.1) is 0 Å². The lowest BCUT2D eigenvalue weighted by Crippen LogP contribution is -2.33. The van der Waals surface area contributed by atoms with E-state index in [4.69, 9.17) is 12.2 Å². The van der Waals surface area contributed by atoms with Crippen LogP contribution in [0.15, 0.2) is 24.5 Å². The first-order valence-electron chi connectivity index (χ1n) is 6.85. The van der Waals surface area contributed by atoms with Gasteiger partial charge in [-0.1, -0.05) is 13.8 Å². The Hall–Kier alpha value is -2.02. The van der Waals surface area contributed by atoms with Crippen molar-refractivity contribution < 1.29 is 4.79 Å². The van der Waals surface area contributed by atoms with Crippen LogP contribution in [0.4, 0.5) is 0 Å². The molecule has 2 aromatic rings. The summed E-state index contributed by atoms with van der Waals surface area (Å²) in [5.74, 6) is 0.933. The Morgan fingerprint density at radius 2 is 2.24 bits per heavy atom. The third kappa shape index (κ3) is 3.55. The highest BCUT2D eigenvalue weighted by molar-refractivity contribution is 7.71. The van der Waals surface area contributed by atoms with E-state index >= 15 is 0 Å². The van der Waals surface area contributed by atoms with Gasteiger partial charge in [0.1, 0.15) is 6.04 Å². The van der Waals surface area contributed by atoms with Gasteiger partial charge in [-0.2, -0.15) is 5.10 Å². The fourth-order valence-corrected chi connectivity index (χ4v) is 2.22. The van der Waals surface area contributed by atoms with Gasteiger partial charge in [-0.25, -0.2) is 0 Å². The minimum Gasteiger partial charge on any atom is -0.354 e. The molecule has 7 heteroatoms. The maximum Gasteiger partial charge on any atom is 0.242 e. The van der Waals surface area contributed by atoms with Crippen molar-refractivity contribution in [1.82, 2.24) is 25.1 Å². The number of aromatic nitrogens is 4. The molecular weight excluding hydrogens is 286 g/mol. The summed E-state index contributed by atoms with van der Waals surface area (Å²) in [7, 11) is 0. The second-order valence-corrected chi connectivity index (χ2v) is 5.67. The zero-order valence-electron chi connectivity index (χ0n) is 12.3. The number of nitrogens with one attached hydrogen (secondary N) is 2. The average molecular weight is 305 g/mol. The Balaban J connectivity index is 2.30. The van der Waals surface area contributed by atoms with Crippen molar-refractivity contribution in [2.24, 2.45) is 5.92 Å². The molecule has 1 amide bonds. The number of hydrogen-bond acceptors (Lipinski definition) is 4. The summed E-state index contributed by atoms with van der Waals surface area (Å²) in [6.45, 7) is 6.54. The summed E-state index contributed by atoms with van der Waals surface area (Å²) >= 11 is 5.25. The van der Waals surface area contributed by atoms with Crippen molar-refractivity contribution in [1.29, 1.82) is 0 Å². The summed E-state index contributed by atoms with van der Waals surface area (Å²) in [4.78, 5) is 16.3. The first kappa shape index (κ1) is 15.4. The van der Waals surface area contributed by atoms with Crippen LogP contribution in [0.5, 0.6) is 0 Å². The van der Waals surface area contributed by atoms with Gasteiger partial charge in [0.25, 0.3) is 0 Å². The molecule has 0 aliphatic carbocycles. The van der Waals surface area contributed by atoms with E-state index in [1.807, 2.05) is 12.1 Å². The van der Waals surface area contributed by atoms with Gasteiger partial charge in [0, 0.05) is 24.5 Å². The molecule has 2 aromatic heterocycles. The van der Waals surface area contributed by atoms with Crippen molar-refractivity contribution in [3.05, 3.63) is 29.3 Å². The van der Waals surface area contributed by atoms with Crippen molar-refractivity contribution in [3.8, 4) is 11.4 Å². The molecule has 6 nitrogen and oxygen atoms in total. The second kappa shape index (κ2) is 6.62. The van der Waals surface area contributed by atoms with E-state index in [-0.39, 0.29) is 5.91 Å². The smallest absolute Gasteiger partial charge is 0.242 e. The zero-order chi connectivity index (χ0) is 15.4. The van der Waals surface area contributed by atoms with Gasteiger partial charge >= 0.3 is 0 Å². The Bertz CT molecular complexity index is 662. The molecule has 21 heavy (non-hydrogen) atoms. The fourth-order valence-electron chi connectivity index (χ4n) is 1.93. The minimum absolute atomic E-state index is 0.0775. The zero-order valence-corrected chi connectivity index (χ0v) is 13.1. The number of amides is 1. The van der Waals surface area contributed by atoms with Crippen LogP contribution in [0.2, 0.25) is 0 Å². The molecule has 0 aromatic carbocycles. The Morgan fingerprint density at radius 1 is 1.48 bits per heavy atom. The average Bonchev–Trinajstić information content (AvgIpc) is 2.86. The molecule has 0 saturated carbocycles. The maximum absolute atomic E-state index is 12.2. The number of rotatable bonds is 5. The summed E-state index contributed by atoms with van der Waals surface area (Å²) < 4.78 is 2.13. The van der Waals surface area contributed by atoms with Crippen LogP contribution in [0, 0.1) is 10.7 Å². The van der Waals surface area contributed by atoms with Gasteiger partial charge in [-0.05, 0) is 37.2 Å². The van der Waals surface area contributed by atoms with E-state index in [0.717, 1.165) is 5.56 Å². The lowest BCUT2D eigenvalue weighted by atomic mass is 10.2. The molecule has 0 spiro atoms. The quantitative estimate of drug-likeness (QED) is 0.831. The number of carbonyl (C=O) groups is 1. The summed E-state index contributed by atoms with van der Waals surface area (Å²) in [6.07, 6.45) is 3.38. The van der Waals surface area contributed by atoms with Gasteiger partial charge < -0.3 is 5.32 Å². The predicted molar refractivity (Wildman–Crippen MR) is 83.2 cm³/mol. The molecule has 1 atom stereocenters. The van der Waals surface area contributed by atoms with Crippen molar-refractivity contribution in [3.63, 3.8) is 0 Å². The lowest BCUT2D eigenvalue weighted by molar-refractivity contribution is -0.124. The van der Waals surface area contributed by atoms with E-state index in [2.05, 4.69) is 34.3 Å². The third-order valence-electron chi connectivity index (χ3n) is 3.08. The molecule has 0 radical (unpaired) electrons. The molecule has 2 rings (SSSR count). The number of H-pyrrole nitrogens is 1. The van der Waals surface area contributed by atoms with Crippen LogP contribution in [-0.4, -0.2) is 32.2 Å². The molecule has 2 N–H and O–H groups in total. The van der Waals surface area contributed by atoms with Crippen molar-refractivity contribution in [2.45, 2.75) is 26.8 Å². The number of carbonyl (C=O) groups excluding carboxylic acids is 1. The van der Waals surface area contributed by atoms with E-state index < -0.39 is 6.04 Å². The maximum atomic E-state index is 12.2. The lowest BCUT2D eigenvalue weighted by Gasteiger charge is -2.16. The number of hydrogen-bond donors (Lipinski definition) is 2. The molecule has 0 bridgehead atoms. The molecule has 112 valence electrons. The Morgan fingerprint density at radius 3 is 2.86 bits per heavy atom. The number of aromatic amines is 1. The van der Waals surface area contributed by atoms with Gasteiger partial charge in [0.2, 0.25) is 5.91 Å². The fraction of sp³-hybridized carbons (Fsp3) is 0.429. The Labute approximate surface area is 128 Å². The van der Waals surface area contributed by atoms with Gasteiger partial charge in [0.15, 0.2) is 10.6 Å². The highest BCUT2D eigenvalue weighted by Gasteiger charge is 2.20. The highest BCUT2D eigenvalue weighted by atomic mass is 32.1. The molecule has 0 fully saturated rings. The first-order chi connectivity index (χ1) is 10.0. The van der Waals surface area contributed by atoms with Crippen LogP contribution in [0.1, 0.15) is 26.8 Å². The molecule has 2 heterocycles. The summed E-state index contributed by atoms with van der Waals surface area (Å²) in [5, 5.41) is 9.87. The van der Waals surface area contributed by atoms with Crippen LogP contribution >= 0.6 is 12.2 Å². The topological polar surface area (TPSA) is 75.6 Å². The van der Waals surface area contributed by atoms with Crippen LogP contribution < -0.4 is 5.32 Å². The summed E-state index contributed by atoms with van der Waals surface area (Å²) in [6, 6.07) is 3.26. The largest absolute Gasteiger partial charge is 0.354 e. The summed E-state index contributed by atoms with van der Waals surface area (Å²) in [5.41, 5.74) is 0.813. The van der Waals surface area contributed by atoms with E-state index in [0.29, 0.717) is 23.1 Å².